The maximum absolute atomic E-state index is 13.2. The molecule has 2 aliphatic heterocycles. The molecule has 0 aliphatic carbocycles. The molecular formula is C28H23ClO9. The molecule has 9 nitrogen and oxygen atoms in total. The van der Waals surface area contributed by atoms with E-state index in [1.807, 2.05) is 0 Å². The Hall–Kier alpha value is -4.21. The number of allylic oxidation sites excluding steroid dienone is 1. The Labute approximate surface area is 223 Å². The second-order valence-electron chi connectivity index (χ2n) is 8.45. The van der Waals surface area contributed by atoms with Gasteiger partial charge in [0.2, 0.25) is 11.5 Å². The predicted octanol–water partition coefficient (Wildman–Crippen LogP) is 5.38. The Kier molecular flexibility index (Phi) is 6.88. The van der Waals surface area contributed by atoms with Crippen molar-refractivity contribution in [2.24, 2.45) is 0 Å². The number of aryl methyl sites for hydroxylation is 1. The van der Waals surface area contributed by atoms with Crippen LogP contribution in [0.15, 0.2) is 42.2 Å². The summed E-state index contributed by atoms with van der Waals surface area (Å²) >= 11 is 6.26. The van der Waals surface area contributed by atoms with Crippen molar-refractivity contribution in [3.05, 3.63) is 75.0 Å². The third-order valence-electron chi connectivity index (χ3n) is 6.04. The summed E-state index contributed by atoms with van der Waals surface area (Å²) in [4.78, 5) is 26.2. The molecule has 0 bridgehead atoms. The molecule has 3 aromatic rings. The number of Topliss-reactive ketones (excluding diaryl/α,β-unsaturated/α-hetero) is 1. The number of carbonyl (C=O) groups excluding carboxylic acids is 2. The fourth-order valence-electron chi connectivity index (χ4n) is 4.36. The van der Waals surface area contributed by atoms with E-state index in [0.29, 0.717) is 51.3 Å². The second-order valence-corrected chi connectivity index (χ2v) is 8.89. The molecular weight excluding hydrogens is 516 g/mol. The predicted molar refractivity (Wildman–Crippen MR) is 137 cm³/mol. The lowest BCUT2D eigenvalue weighted by Gasteiger charge is -2.20. The van der Waals surface area contributed by atoms with Crippen LogP contribution in [0.25, 0.3) is 6.08 Å². The van der Waals surface area contributed by atoms with Crippen LogP contribution in [0.1, 0.15) is 37.4 Å². The van der Waals surface area contributed by atoms with Crippen molar-refractivity contribution in [1.29, 1.82) is 0 Å². The molecule has 0 aromatic heterocycles. The van der Waals surface area contributed by atoms with Gasteiger partial charge in [-0.15, -0.1) is 0 Å². The highest BCUT2D eigenvalue weighted by atomic mass is 35.5. The maximum Gasteiger partial charge on any atom is 0.343 e. The average molecular weight is 539 g/mol. The number of rotatable bonds is 6. The fourth-order valence-corrected chi connectivity index (χ4v) is 4.61. The third-order valence-corrected chi connectivity index (χ3v) is 6.26. The Morgan fingerprint density at radius 3 is 2.42 bits per heavy atom. The van der Waals surface area contributed by atoms with Gasteiger partial charge in [0, 0.05) is 22.2 Å². The SMILES string of the molecule is COc1cc(C(=O)Oc2cc(C)c3c(c2)O/C(=C\c2cc(Cl)cc4c2OCOC4)C3=O)cc(OC)c1OC. The molecule has 0 unspecified atom stereocenters. The van der Waals surface area contributed by atoms with Crippen molar-refractivity contribution < 1.29 is 42.7 Å². The summed E-state index contributed by atoms with van der Waals surface area (Å²) in [5.74, 6) is 1.16. The number of benzene rings is 3. The van der Waals surface area contributed by atoms with Crippen molar-refractivity contribution in [2.75, 3.05) is 28.1 Å². The standard InChI is InChI=1S/C28H23ClO9/c1-14-5-19(37-28(31)16-9-22(32-2)27(34-4)23(10-16)33-3)11-20-24(14)25(30)21(38-20)8-15-6-18(29)7-17-12-35-13-36-26(15)17/h5-11H,12-13H2,1-4H3/b21-8-. The van der Waals surface area contributed by atoms with Crippen molar-refractivity contribution >= 4 is 29.4 Å². The van der Waals surface area contributed by atoms with E-state index < -0.39 is 5.97 Å². The first kappa shape index (κ1) is 25.4. The number of halogens is 1. The van der Waals surface area contributed by atoms with E-state index in [9.17, 15) is 9.59 Å². The summed E-state index contributed by atoms with van der Waals surface area (Å²) in [5.41, 5.74) is 2.52. The fraction of sp³-hybridized carbons (Fsp3) is 0.214. The molecule has 0 spiro atoms. The first-order chi connectivity index (χ1) is 18.3. The lowest BCUT2D eigenvalue weighted by Crippen LogP contribution is -2.12. The number of fused-ring (bicyclic) bond motifs is 2. The molecule has 0 atom stereocenters. The van der Waals surface area contributed by atoms with Crippen LogP contribution in [0.3, 0.4) is 0 Å². The van der Waals surface area contributed by atoms with Gasteiger partial charge in [0.05, 0.1) is 39.1 Å². The third kappa shape index (κ3) is 4.62. The zero-order chi connectivity index (χ0) is 27.0. The normalized spacial score (nSPS) is 14.8. The molecule has 0 saturated heterocycles. The van der Waals surface area contributed by atoms with E-state index in [4.69, 9.17) is 44.8 Å². The molecule has 38 heavy (non-hydrogen) atoms. The number of esters is 1. The molecule has 3 aromatic carbocycles. The largest absolute Gasteiger partial charge is 0.493 e. The molecule has 0 fully saturated rings. The number of ether oxygens (including phenoxy) is 7. The zero-order valence-corrected chi connectivity index (χ0v) is 21.8. The van der Waals surface area contributed by atoms with Crippen LogP contribution in [0.2, 0.25) is 5.02 Å². The maximum atomic E-state index is 13.2. The van der Waals surface area contributed by atoms with Gasteiger partial charge in [-0.25, -0.2) is 4.79 Å². The molecule has 0 amide bonds. The van der Waals surface area contributed by atoms with Gasteiger partial charge < -0.3 is 33.2 Å². The van der Waals surface area contributed by atoms with Crippen LogP contribution < -0.4 is 28.4 Å². The molecule has 2 heterocycles. The van der Waals surface area contributed by atoms with Gasteiger partial charge in [0.1, 0.15) is 17.2 Å². The summed E-state index contributed by atoms with van der Waals surface area (Å²) in [5, 5.41) is 0.477. The van der Waals surface area contributed by atoms with E-state index in [1.165, 1.54) is 39.5 Å². The molecule has 10 heteroatoms. The molecule has 0 radical (unpaired) electrons. The van der Waals surface area contributed by atoms with Crippen LogP contribution >= 0.6 is 11.6 Å². The van der Waals surface area contributed by atoms with Gasteiger partial charge in [-0.1, -0.05) is 11.6 Å². The Morgan fingerprint density at radius 1 is 1.00 bits per heavy atom. The number of carbonyl (C=O) groups is 2. The van der Waals surface area contributed by atoms with Crippen LogP contribution in [0.4, 0.5) is 0 Å². The highest BCUT2D eigenvalue weighted by molar-refractivity contribution is 6.31. The highest BCUT2D eigenvalue weighted by Gasteiger charge is 2.31. The van der Waals surface area contributed by atoms with Gasteiger partial charge in [0.15, 0.2) is 24.1 Å². The molecule has 0 N–H and O–H groups in total. The van der Waals surface area contributed by atoms with Crippen LogP contribution in [-0.2, 0) is 11.3 Å². The Bertz CT molecular complexity index is 1470. The number of methoxy groups -OCH3 is 3. The van der Waals surface area contributed by atoms with Gasteiger partial charge in [0.25, 0.3) is 0 Å². The molecule has 0 saturated carbocycles. The molecule has 5 rings (SSSR count). The van der Waals surface area contributed by atoms with E-state index in [0.717, 1.165) is 5.56 Å². The number of ketones is 1. The van der Waals surface area contributed by atoms with Crippen LogP contribution in [0, 0.1) is 6.92 Å². The minimum Gasteiger partial charge on any atom is -0.493 e. The molecule has 196 valence electrons. The summed E-state index contributed by atoms with van der Waals surface area (Å²) in [6.07, 6.45) is 1.58. The Balaban J connectivity index is 1.43. The van der Waals surface area contributed by atoms with Crippen molar-refractivity contribution in [2.45, 2.75) is 13.5 Å². The lowest BCUT2D eigenvalue weighted by atomic mass is 10.0. The van der Waals surface area contributed by atoms with Gasteiger partial charge in [-0.05, 0) is 48.9 Å². The first-order valence-corrected chi connectivity index (χ1v) is 11.8. The quantitative estimate of drug-likeness (QED) is 0.233. The Morgan fingerprint density at radius 2 is 1.74 bits per heavy atom. The van der Waals surface area contributed by atoms with Gasteiger partial charge >= 0.3 is 5.97 Å². The number of hydrogen-bond donors (Lipinski definition) is 0. The summed E-state index contributed by atoms with van der Waals surface area (Å²) in [7, 11) is 4.38. The van der Waals surface area contributed by atoms with Gasteiger partial charge in [-0.3, -0.25) is 4.79 Å². The van der Waals surface area contributed by atoms with E-state index in [2.05, 4.69) is 0 Å². The topological polar surface area (TPSA) is 98.8 Å². The smallest absolute Gasteiger partial charge is 0.343 e. The summed E-state index contributed by atoms with van der Waals surface area (Å²) < 4.78 is 38.4. The van der Waals surface area contributed by atoms with Crippen molar-refractivity contribution in [3.63, 3.8) is 0 Å². The minimum absolute atomic E-state index is 0.0933. The average Bonchev–Trinajstić information content (AvgIpc) is 3.22. The lowest BCUT2D eigenvalue weighted by molar-refractivity contribution is -0.0165. The molecule has 2 aliphatic rings. The zero-order valence-electron chi connectivity index (χ0n) is 21.0. The van der Waals surface area contributed by atoms with E-state index >= 15 is 0 Å². The van der Waals surface area contributed by atoms with Crippen LogP contribution in [0.5, 0.6) is 34.5 Å². The van der Waals surface area contributed by atoms with Crippen molar-refractivity contribution in [1.82, 2.24) is 0 Å². The summed E-state index contributed by atoms with van der Waals surface area (Å²) in [6, 6.07) is 9.52. The van der Waals surface area contributed by atoms with Gasteiger partial charge in [-0.2, -0.15) is 0 Å². The number of hydrogen-bond acceptors (Lipinski definition) is 9. The first-order valence-electron chi connectivity index (χ1n) is 11.5. The second kappa shape index (κ2) is 10.3. The van der Waals surface area contributed by atoms with E-state index in [-0.39, 0.29) is 35.4 Å². The minimum atomic E-state index is -0.659. The van der Waals surface area contributed by atoms with Crippen LogP contribution in [-0.4, -0.2) is 39.9 Å². The van der Waals surface area contributed by atoms with E-state index in [1.54, 1.807) is 31.2 Å². The summed E-state index contributed by atoms with van der Waals surface area (Å²) in [6.45, 7) is 2.18. The monoisotopic (exact) mass is 538 g/mol. The highest BCUT2D eigenvalue weighted by Crippen LogP contribution is 2.41. The van der Waals surface area contributed by atoms with Crippen molar-refractivity contribution in [3.8, 4) is 34.5 Å².